The van der Waals surface area contributed by atoms with Crippen molar-refractivity contribution in [1.29, 1.82) is 0 Å². The third-order valence-electron chi connectivity index (χ3n) is 6.43. The summed E-state index contributed by atoms with van der Waals surface area (Å²) in [4.78, 5) is 17.1. The second-order valence-corrected chi connectivity index (χ2v) is 8.80. The highest BCUT2D eigenvalue weighted by atomic mass is 16.5. The number of likely N-dealkylation sites (tertiary alicyclic amines) is 1. The lowest BCUT2D eigenvalue weighted by atomic mass is 10.0. The van der Waals surface area contributed by atoms with Crippen LogP contribution in [0.2, 0.25) is 0 Å². The molecule has 0 aliphatic carbocycles. The van der Waals surface area contributed by atoms with E-state index in [0.29, 0.717) is 38.0 Å². The van der Waals surface area contributed by atoms with Crippen molar-refractivity contribution in [2.75, 3.05) is 26.2 Å². The van der Waals surface area contributed by atoms with Crippen LogP contribution in [0.15, 0.2) is 71.5 Å². The fourth-order valence-electron chi connectivity index (χ4n) is 4.57. The van der Waals surface area contributed by atoms with Crippen molar-refractivity contribution in [3.8, 4) is 5.75 Å². The van der Waals surface area contributed by atoms with Crippen molar-refractivity contribution in [2.24, 2.45) is 0 Å². The maximum Gasteiger partial charge on any atom is 0.257 e. The summed E-state index contributed by atoms with van der Waals surface area (Å²) in [7, 11) is 0. The van der Waals surface area contributed by atoms with Crippen LogP contribution in [0, 0.1) is 0 Å². The molecule has 0 unspecified atom stereocenters. The predicted octanol–water partition coefficient (Wildman–Crippen LogP) is 4.50. The fourth-order valence-corrected chi connectivity index (χ4v) is 4.57. The summed E-state index contributed by atoms with van der Waals surface area (Å²) in [5.41, 5.74) is 4.11. The molecule has 3 heterocycles. The Labute approximate surface area is 194 Å². The van der Waals surface area contributed by atoms with Gasteiger partial charge in [-0.15, -0.1) is 0 Å². The maximum absolute atomic E-state index is 12.8. The first kappa shape index (κ1) is 21.7. The third kappa shape index (κ3) is 5.46. The Morgan fingerprint density at radius 3 is 2.64 bits per heavy atom. The zero-order valence-corrected chi connectivity index (χ0v) is 18.8. The van der Waals surface area contributed by atoms with Gasteiger partial charge < -0.3 is 18.8 Å². The molecule has 1 aromatic heterocycles. The van der Waals surface area contributed by atoms with Crippen molar-refractivity contribution in [3.05, 3.63) is 89.4 Å². The van der Waals surface area contributed by atoms with E-state index in [-0.39, 0.29) is 5.91 Å². The highest BCUT2D eigenvalue weighted by molar-refractivity contribution is 5.93. The molecule has 0 radical (unpaired) electrons. The lowest BCUT2D eigenvalue weighted by Gasteiger charge is -2.32. The summed E-state index contributed by atoms with van der Waals surface area (Å²) in [6.45, 7) is 5.23. The summed E-state index contributed by atoms with van der Waals surface area (Å²) in [5, 5.41) is 0. The Morgan fingerprint density at radius 1 is 1.00 bits per heavy atom. The van der Waals surface area contributed by atoms with E-state index in [1.54, 1.807) is 6.07 Å². The minimum atomic E-state index is -0.0248. The number of rotatable bonds is 6. The van der Waals surface area contributed by atoms with E-state index in [9.17, 15) is 4.79 Å². The van der Waals surface area contributed by atoms with Crippen molar-refractivity contribution < 1.29 is 18.7 Å². The number of carbonyl (C=O) groups is 1. The maximum atomic E-state index is 12.8. The molecule has 1 fully saturated rings. The first-order chi connectivity index (χ1) is 16.2. The standard InChI is InChI=1S/C27H30N2O4/c30-27(23-10-14-31-20-23)29-13-15-32-26-7-6-22(16-24(26)18-29)17-28-11-8-25(9-12-28)33-19-21-4-2-1-3-5-21/h1-7,10,14,16,20,25H,8-9,11-13,15,17-19H2. The molecular formula is C27H30N2O4. The monoisotopic (exact) mass is 446 g/mol. The molecule has 2 aromatic carbocycles. The summed E-state index contributed by atoms with van der Waals surface area (Å²) < 4.78 is 17.1. The molecule has 6 heteroatoms. The van der Waals surface area contributed by atoms with Gasteiger partial charge >= 0.3 is 0 Å². The highest BCUT2D eigenvalue weighted by Gasteiger charge is 2.23. The molecule has 0 spiro atoms. The van der Waals surface area contributed by atoms with Gasteiger partial charge in [-0.05, 0) is 42.2 Å². The van der Waals surface area contributed by atoms with Crippen molar-refractivity contribution in [2.45, 2.75) is 38.6 Å². The SMILES string of the molecule is O=C(c1ccoc1)N1CCOc2ccc(CN3CCC(OCc4ccccc4)CC3)cc2C1. The van der Waals surface area contributed by atoms with Crippen molar-refractivity contribution in [1.82, 2.24) is 9.80 Å². The van der Waals surface area contributed by atoms with E-state index in [4.69, 9.17) is 13.9 Å². The molecular weight excluding hydrogens is 416 g/mol. The van der Waals surface area contributed by atoms with Gasteiger partial charge in [-0.1, -0.05) is 36.4 Å². The van der Waals surface area contributed by atoms with E-state index in [2.05, 4.69) is 41.3 Å². The Bertz CT molecular complexity index is 1040. The Balaban J connectivity index is 1.16. The molecule has 1 amide bonds. The summed E-state index contributed by atoms with van der Waals surface area (Å²) in [6, 6.07) is 18.5. The van der Waals surface area contributed by atoms with Crippen LogP contribution in [0.1, 0.15) is 39.9 Å². The Morgan fingerprint density at radius 2 is 1.85 bits per heavy atom. The minimum Gasteiger partial charge on any atom is -0.491 e. The normalized spacial score (nSPS) is 17.3. The predicted molar refractivity (Wildman–Crippen MR) is 125 cm³/mol. The van der Waals surface area contributed by atoms with Gasteiger partial charge in [0.2, 0.25) is 0 Å². The molecule has 0 N–H and O–H groups in total. The molecule has 0 atom stereocenters. The van der Waals surface area contributed by atoms with Gasteiger partial charge in [0.05, 0.1) is 31.1 Å². The van der Waals surface area contributed by atoms with Crippen LogP contribution in [0.3, 0.4) is 0 Å². The van der Waals surface area contributed by atoms with Gasteiger partial charge in [0.15, 0.2) is 0 Å². The zero-order valence-electron chi connectivity index (χ0n) is 18.8. The van der Waals surface area contributed by atoms with Gasteiger partial charge in [-0.3, -0.25) is 9.69 Å². The summed E-state index contributed by atoms with van der Waals surface area (Å²) >= 11 is 0. The van der Waals surface area contributed by atoms with Gasteiger partial charge in [-0.25, -0.2) is 0 Å². The number of furan rings is 1. The molecule has 6 nitrogen and oxygen atoms in total. The van der Waals surface area contributed by atoms with Crippen LogP contribution in [-0.4, -0.2) is 48.1 Å². The molecule has 2 aliphatic rings. The van der Waals surface area contributed by atoms with E-state index >= 15 is 0 Å². The van der Waals surface area contributed by atoms with E-state index < -0.39 is 0 Å². The number of ether oxygens (including phenoxy) is 2. The minimum absolute atomic E-state index is 0.0248. The largest absolute Gasteiger partial charge is 0.491 e. The number of fused-ring (bicyclic) bond motifs is 1. The fraction of sp³-hybridized carbons (Fsp3) is 0.370. The van der Waals surface area contributed by atoms with Gasteiger partial charge in [0.1, 0.15) is 18.6 Å². The van der Waals surface area contributed by atoms with Crippen LogP contribution in [0.4, 0.5) is 0 Å². The topological polar surface area (TPSA) is 55.2 Å². The zero-order chi connectivity index (χ0) is 22.5. The molecule has 1 saturated heterocycles. The van der Waals surface area contributed by atoms with E-state index in [1.807, 2.05) is 17.0 Å². The van der Waals surface area contributed by atoms with E-state index in [0.717, 1.165) is 43.8 Å². The summed E-state index contributed by atoms with van der Waals surface area (Å²) in [6.07, 6.45) is 5.45. The van der Waals surface area contributed by atoms with Crippen LogP contribution < -0.4 is 4.74 Å². The average Bonchev–Trinajstić information content (AvgIpc) is 3.31. The van der Waals surface area contributed by atoms with Crippen molar-refractivity contribution in [3.63, 3.8) is 0 Å². The molecule has 2 aliphatic heterocycles. The van der Waals surface area contributed by atoms with Crippen LogP contribution >= 0.6 is 0 Å². The van der Waals surface area contributed by atoms with Gasteiger partial charge in [-0.2, -0.15) is 0 Å². The molecule has 172 valence electrons. The van der Waals surface area contributed by atoms with Gasteiger partial charge in [0, 0.05) is 31.7 Å². The highest BCUT2D eigenvalue weighted by Crippen LogP contribution is 2.27. The number of carbonyl (C=O) groups excluding carboxylic acids is 1. The first-order valence-electron chi connectivity index (χ1n) is 11.7. The third-order valence-corrected chi connectivity index (χ3v) is 6.43. The number of hydrogen-bond donors (Lipinski definition) is 0. The Hall–Kier alpha value is -3.09. The second-order valence-electron chi connectivity index (χ2n) is 8.80. The first-order valence-corrected chi connectivity index (χ1v) is 11.7. The molecule has 3 aromatic rings. The molecule has 0 saturated carbocycles. The second kappa shape index (κ2) is 10.2. The molecule has 33 heavy (non-hydrogen) atoms. The van der Waals surface area contributed by atoms with Crippen LogP contribution in [-0.2, 0) is 24.4 Å². The lowest BCUT2D eigenvalue weighted by Crippen LogP contribution is -2.36. The molecule has 0 bridgehead atoms. The van der Waals surface area contributed by atoms with Crippen molar-refractivity contribution >= 4 is 5.91 Å². The number of amides is 1. The smallest absolute Gasteiger partial charge is 0.257 e. The van der Waals surface area contributed by atoms with Gasteiger partial charge in [0.25, 0.3) is 5.91 Å². The van der Waals surface area contributed by atoms with Crippen LogP contribution in [0.5, 0.6) is 5.75 Å². The van der Waals surface area contributed by atoms with E-state index in [1.165, 1.54) is 23.7 Å². The average molecular weight is 447 g/mol. The quantitative estimate of drug-likeness (QED) is 0.558. The molecule has 5 rings (SSSR count). The number of hydrogen-bond acceptors (Lipinski definition) is 5. The number of nitrogens with zero attached hydrogens (tertiary/aromatic N) is 2. The van der Waals surface area contributed by atoms with Crippen LogP contribution in [0.25, 0.3) is 0 Å². The lowest BCUT2D eigenvalue weighted by molar-refractivity contribution is -0.00394. The Kier molecular flexibility index (Phi) is 6.74. The number of benzene rings is 2. The number of piperidine rings is 1. The summed E-state index contributed by atoms with van der Waals surface area (Å²) in [5.74, 6) is 0.845.